The Kier molecular flexibility index (Phi) is 5.67. The zero-order chi connectivity index (χ0) is 20.3. The van der Waals surface area contributed by atoms with E-state index in [4.69, 9.17) is 0 Å². The first-order chi connectivity index (χ1) is 12.4. The van der Waals surface area contributed by atoms with Crippen LogP contribution in [-0.2, 0) is 11.2 Å². The largest absolute Gasteiger partial charge is 0.462 e. The number of rotatable bonds is 5. The average molecular weight is 392 g/mol. The van der Waals surface area contributed by atoms with Crippen LogP contribution in [0.15, 0.2) is 48.7 Å². The third kappa shape index (κ3) is 4.69. The second kappa shape index (κ2) is 7.45. The zero-order valence-corrected chi connectivity index (χ0v) is 14.0. The lowest BCUT2D eigenvalue weighted by atomic mass is 10.1. The predicted octanol–water partition coefficient (Wildman–Crippen LogP) is 3.40. The van der Waals surface area contributed by atoms with Crippen LogP contribution in [0.3, 0.4) is 0 Å². The van der Waals surface area contributed by atoms with Gasteiger partial charge in [-0.05, 0) is 24.1 Å². The monoisotopic (exact) mass is 392 g/mol. The van der Waals surface area contributed by atoms with E-state index < -0.39 is 36.2 Å². The van der Waals surface area contributed by atoms with Crippen molar-refractivity contribution in [3.8, 4) is 0 Å². The number of halogens is 6. The van der Waals surface area contributed by atoms with Crippen LogP contribution in [0.1, 0.15) is 11.1 Å². The molecule has 4 nitrogen and oxygen atoms in total. The molecule has 0 aliphatic heterocycles. The zero-order valence-electron chi connectivity index (χ0n) is 14.0. The number of pyridine rings is 1. The van der Waals surface area contributed by atoms with Crippen LogP contribution in [0.25, 0.3) is 0 Å². The Morgan fingerprint density at radius 1 is 0.963 bits per heavy atom. The van der Waals surface area contributed by atoms with Crippen molar-refractivity contribution in [3.05, 3.63) is 59.8 Å². The number of carbonyl (C=O) groups is 1. The number of alkyl halides is 6. The lowest BCUT2D eigenvalue weighted by Gasteiger charge is -2.34. The van der Waals surface area contributed by atoms with Gasteiger partial charge in [0.25, 0.3) is 5.82 Å². The summed E-state index contributed by atoms with van der Waals surface area (Å²) in [6.07, 6.45) is -11.1. The summed E-state index contributed by atoms with van der Waals surface area (Å²) in [7, 11) is 0. The number of hydrogen-bond donors (Lipinski definition) is 2. The quantitative estimate of drug-likeness (QED) is 0.605. The highest BCUT2D eigenvalue weighted by molar-refractivity contribution is 5.80. The molecule has 0 unspecified atom stereocenters. The Labute approximate surface area is 150 Å². The molecule has 0 bridgehead atoms. The number of amides is 1. The lowest BCUT2D eigenvalue weighted by molar-refractivity contribution is -0.367. The molecular formula is C17H16F6N3O+. The highest BCUT2D eigenvalue weighted by Crippen LogP contribution is 2.43. The molecule has 0 saturated heterocycles. The summed E-state index contributed by atoms with van der Waals surface area (Å²) in [6.45, 7) is 1.60. The summed E-state index contributed by atoms with van der Waals surface area (Å²) >= 11 is 0. The van der Waals surface area contributed by atoms with Gasteiger partial charge in [0, 0.05) is 6.07 Å². The van der Waals surface area contributed by atoms with Gasteiger partial charge in [0.15, 0.2) is 0 Å². The Hall–Kier alpha value is -2.78. The predicted molar refractivity (Wildman–Crippen MR) is 84.5 cm³/mol. The van der Waals surface area contributed by atoms with Gasteiger partial charge in [0.05, 0.1) is 12.6 Å². The van der Waals surface area contributed by atoms with Gasteiger partial charge in [-0.15, -0.1) is 0 Å². The van der Waals surface area contributed by atoms with Gasteiger partial charge in [-0.3, -0.25) is 10.1 Å². The summed E-state index contributed by atoms with van der Waals surface area (Å²) in [6, 6.07) is 9.82. The molecule has 1 aromatic heterocycles. The number of H-pyrrole nitrogens is 1. The molecule has 146 valence electrons. The smallest absolute Gasteiger partial charge is 0.300 e. The second-order valence-electron chi connectivity index (χ2n) is 5.86. The molecule has 0 atom stereocenters. The van der Waals surface area contributed by atoms with Gasteiger partial charge in [-0.2, -0.15) is 26.3 Å². The van der Waals surface area contributed by atoms with Crippen molar-refractivity contribution in [1.29, 1.82) is 0 Å². The Morgan fingerprint density at radius 2 is 1.56 bits per heavy atom. The second-order valence-corrected chi connectivity index (χ2v) is 5.86. The first kappa shape index (κ1) is 20.5. The molecule has 2 aromatic rings. The molecule has 0 fully saturated rings. The summed E-state index contributed by atoms with van der Waals surface area (Å²) in [4.78, 5) is 14.3. The van der Waals surface area contributed by atoms with E-state index in [0.29, 0.717) is 5.56 Å². The molecule has 10 heteroatoms. The average Bonchev–Trinajstić information content (AvgIpc) is 2.55. The fourth-order valence-corrected chi connectivity index (χ4v) is 2.29. The summed E-state index contributed by atoms with van der Waals surface area (Å²) in [5.74, 6) is -1.99. The SMILES string of the molecule is Cc1ccc(NC(NC(=O)Cc2ccccc2)(C(F)(F)F)C(F)(F)F)[nH+]c1. The van der Waals surface area contributed by atoms with Gasteiger partial charge in [-0.25, -0.2) is 10.3 Å². The molecule has 27 heavy (non-hydrogen) atoms. The van der Waals surface area contributed by atoms with Crippen molar-refractivity contribution in [3.63, 3.8) is 0 Å². The summed E-state index contributed by atoms with van der Waals surface area (Å²) in [5.41, 5.74) is -3.79. The van der Waals surface area contributed by atoms with Crippen molar-refractivity contribution >= 4 is 11.7 Å². The molecule has 0 spiro atoms. The van der Waals surface area contributed by atoms with Gasteiger partial charge in [-0.1, -0.05) is 30.3 Å². The molecule has 2 rings (SSSR count). The van der Waals surface area contributed by atoms with Crippen molar-refractivity contribution in [2.75, 3.05) is 5.32 Å². The van der Waals surface area contributed by atoms with E-state index in [0.717, 1.165) is 11.4 Å². The van der Waals surface area contributed by atoms with E-state index >= 15 is 0 Å². The maximum atomic E-state index is 13.5. The van der Waals surface area contributed by atoms with Crippen molar-refractivity contribution < 1.29 is 36.1 Å². The van der Waals surface area contributed by atoms with E-state index in [1.54, 1.807) is 13.0 Å². The number of benzene rings is 1. The summed E-state index contributed by atoms with van der Waals surface area (Å²) in [5, 5.41) is 2.48. The van der Waals surface area contributed by atoms with Crippen molar-refractivity contribution in [2.24, 2.45) is 0 Å². The third-order valence-corrected chi connectivity index (χ3v) is 3.68. The minimum absolute atomic E-state index is 0.273. The van der Waals surface area contributed by atoms with Crippen LogP contribution in [-0.4, -0.2) is 23.9 Å². The van der Waals surface area contributed by atoms with Crippen LogP contribution < -0.4 is 15.6 Å². The van der Waals surface area contributed by atoms with Gasteiger partial charge < -0.3 is 0 Å². The van der Waals surface area contributed by atoms with E-state index in [2.05, 4.69) is 4.98 Å². The number of hydrogen-bond acceptors (Lipinski definition) is 2. The van der Waals surface area contributed by atoms with Crippen LogP contribution in [0, 0.1) is 6.92 Å². The molecule has 0 saturated carbocycles. The molecule has 0 aliphatic rings. The Balaban J connectivity index is 2.38. The van der Waals surface area contributed by atoms with Gasteiger partial charge in [0.1, 0.15) is 0 Å². The van der Waals surface area contributed by atoms with Crippen LogP contribution in [0.2, 0.25) is 0 Å². The normalized spacial score (nSPS) is 12.6. The first-order valence-corrected chi connectivity index (χ1v) is 7.69. The highest BCUT2D eigenvalue weighted by Gasteiger charge is 2.76. The Bertz CT molecular complexity index is 758. The van der Waals surface area contributed by atoms with E-state index in [1.807, 2.05) is 0 Å². The fraction of sp³-hybridized carbons (Fsp3) is 0.294. The minimum atomic E-state index is -5.86. The maximum absolute atomic E-state index is 13.5. The first-order valence-electron chi connectivity index (χ1n) is 7.69. The van der Waals surface area contributed by atoms with Gasteiger partial charge in [0.2, 0.25) is 5.91 Å². The highest BCUT2D eigenvalue weighted by atomic mass is 19.4. The number of carbonyl (C=O) groups excluding carboxylic acids is 1. The molecule has 0 aliphatic carbocycles. The molecular weight excluding hydrogens is 376 g/mol. The third-order valence-electron chi connectivity index (χ3n) is 3.68. The molecule has 1 amide bonds. The molecule has 3 N–H and O–H groups in total. The van der Waals surface area contributed by atoms with Crippen LogP contribution in [0.4, 0.5) is 32.2 Å². The number of anilines is 1. The van der Waals surface area contributed by atoms with Crippen molar-refractivity contribution in [2.45, 2.75) is 31.4 Å². The Morgan fingerprint density at radius 3 is 2.04 bits per heavy atom. The standard InChI is InChI=1S/C17H15F6N3O/c1-11-7-8-13(24-10-11)25-15(16(18,19)20,17(21,22)23)26-14(27)9-12-5-3-2-4-6-12/h2-8,10H,9H2,1H3,(H,24,25)(H,26,27)/p+1. The van der Waals surface area contributed by atoms with Crippen molar-refractivity contribution in [1.82, 2.24) is 5.32 Å². The van der Waals surface area contributed by atoms with E-state index in [-0.39, 0.29) is 5.56 Å². The molecule has 0 radical (unpaired) electrons. The topological polar surface area (TPSA) is 55.3 Å². The number of aryl methyl sites for hydroxylation is 1. The minimum Gasteiger partial charge on any atom is -0.300 e. The summed E-state index contributed by atoms with van der Waals surface area (Å²) < 4.78 is 81.1. The van der Waals surface area contributed by atoms with Crippen LogP contribution >= 0.6 is 0 Å². The van der Waals surface area contributed by atoms with Gasteiger partial charge >= 0.3 is 18.0 Å². The number of aromatic amines is 1. The maximum Gasteiger partial charge on any atom is 0.462 e. The fourth-order valence-electron chi connectivity index (χ4n) is 2.29. The van der Waals surface area contributed by atoms with Crippen LogP contribution in [0.5, 0.6) is 0 Å². The molecule has 1 heterocycles. The molecule has 1 aromatic carbocycles. The van der Waals surface area contributed by atoms with E-state index in [1.165, 1.54) is 41.8 Å². The van der Waals surface area contributed by atoms with E-state index in [9.17, 15) is 31.1 Å². The number of nitrogens with one attached hydrogen (secondary N) is 3. The lowest BCUT2D eigenvalue weighted by Crippen LogP contribution is -2.72. The number of aromatic nitrogens is 1.